The fourth-order valence-electron chi connectivity index (χ4n) is 2.31. The molecule has 0 bridgehead atoms. The standard InChI is InChI=1S/C16H20F3N5O4S/c1-4-7-29(26,27)23-14-20-12(11-8-10(2)13(25)24(3)9-11)21-15(22-14)28-6-5-16(17,18)19/h8-9H,4-7H2,1-3H3,(H,20,21,22,23). The smallest absolute Gasteiger partial charge is 0.392 e. The summed E-state index contributed by atoms with van der Waals surface area (Å²) in [7, 11) is -2.26. The first-order valence-electron chi connectivity index (χ1n) is 8.54. The van der Waals surface area contributed by atoms with E-state index in [1.54, 1.807) is 13.8 Å². The maximum absolute atomic E-state index is 12.4. The molecular formula is C16H20F3N5O4S. The fourth-order valence-corrected chi connectivity index (χ4v) is 3.32. The molecule has 2 heterocycles. The zero-order valence-corrected chi connectivity index (χ0v) is 16.8. The van der Waals surface area contributed by atoms with Gasteiger partial charge in [-0.1, -0.05) is 6.92 Å². The number of sulfonamides is 1. The van der Waals surface area contributed by atoms with E-state index in [0.717, 1.165) is 0 Å². The van der Waals surface area contributed by atoms with Gasteiger partial charge >= 0.3 is 12.2 Å². The number of nitrogens with one attached hydrogen (secondary N) is 1. The van der Waals surface area contributed by atoms with Crippen LogP contribution in [0.2, 0.25) is 0 Å². The molecule has 0 aliphatic rings. The molecule has 0 fully saturated rings. The molecule has 0 atom stereocenters. The van der Waals surface area contributed by atoms with Gasteiger partial charge in [0.25, 0.3) is 5.56 Å². The number of rotatable bonds is 8. The summed E-state index contributed by atoms with van der Waals surface area (Å²) in [6.07, 6.45) is -3.92. The third-order valence-electron chi connectivity index (χ3n) is 3.57. The molecule has 2 rings (SSSR count). The Bertz CT molecular complexity index is 1010. The summed E-state index contributed by atoms with van der Waals surface area (Å²) >= 11 is 0. The molecule has 0 aliphatic carbocycles. The lowest BCUT2D eigenvalue weighted by Crippen LogP contribution is -2.20. The van der Waals surface area contributed by atoms with Crippen molar-refractivity contribution >= 4 is 16.0 Å². The molecule has 2 aromatic rings. The van der Waals surface area contributed by atoms with Gasteiger partial charge in [-0.25, -0.2) is 8.42 Å². The first-order chi connectivity index (χ1) is 13.4. The Balaban J connectivity index is 2.45. The monoisotopic (exact) mass is 435 g/mol. The van der Waals surface area contributed by atoms with Gasteiger partial charge in [-0.15, -0.1) is 0 Å². The average molecular weight is 435 g/mol. The van der Waals surface area contributed by atoms with Crippen molar-refractivity contribution in [2.45, 2.75) is 32.9 Å². The number of hydrogen-bond donors (Lipinski definition) is 1. The van der Waals surface area contributed by atoms with Crippen molar-refractivity contribution in [3.8, 4) is 17.4 Å². The van der Waals surface area contributed by atoms with E-state index in [2.05, 4.69) is 19.7 Å². The van der Waals surface area contributed by atoms with Crippen LogP contribution in [0.15, 0.2) is 17.1 Å². The minimum atomic E-state index is -4.43. The van der Waals surface area contributed by atoms with Crippen LogP contribution in [0.3, 0.4) is 0 Å². The Morgan fingerprint density at radius 2 is 1.93 bits per heavy atom. The number of aryl methyl sites for hydroxylation is 2. The predicted molar refractivity (Wildman–Crippen MR) is 99.1 cm³/mol. The van der Waals surface area contributed by atoms with Crippen molar-refractivity contribution in [2.75, 3.05) is 17.1 Å². The highest BCUT2D eigenvalue weighted by atomic mass is 32.2. The lowest BCUT2D eigenvalue weighted by atomic mass is 10.2. The molecule has 1 N–H and O–H groups in total. The van der Waals surface area contributed by atoms with Crippen LogP contribution in [-0.2, 0) is 17.1 Å². The van der Waals surface area contributed by atoms with Gasteiger partial charge in [0.15, 0.2) is 5.82 Å². The molecular weight excluding hydrogens is 415 g/mol. The van der Waals surface area contributed by atoms with Crippen molar-refractivity contribution < 1.29 is 26.3 Å². The highest BCUT2D eigenvalue weighted by molar-refractivity contribution is 7.92. The zero-order valence-electron chi connectivity index (χ0n) is 15.9. The lowest BCUT2D eigenvalue weighted by Gasteiger charge is -2.11. The Morgan fingerprint density at radius 1 is 1.24 bits per heavy atom. The number of halogens is 3. The van der Waals surface area contributed by atoms with Crippen molar-refractivity contribution in [3.63, 3.8) is 0 Å². The van der Waals surface area contributed by atoms with Crippen LogP contribution in [0.4, 0.5) is 19.1 Å². The van der Waals surface area contributed by atoms with Crippen LogP contribution in [0.1, 0.15) is 25.3 Å². The van der Waals surface area contributed by atoms with Crippen molar-refractivity contribution in [2.24, 2.45) is 7.05 Å². The second-order valence-corrected chi connectivity index (χ2v) is 8.07. The summed E-state index contributed by atoms with van der Waals surface area (Å²) in [4.78, 5) is 23.6. The van der Waals surface area contributed by atoms with Crippen LogP contribution < -0.4 is 15.0 Å². The molecule has 0 saturated carbocycles. The van der Waals surface area contributed by atoms with Crippen LogP contribution in [-0.4, -0.2) is 46.5 Å². The van der Waals surface area contributed by atoms with E-state index in [9.17, 15) is 26.4 Å². The highest BCUT2D eigenvalue weighted by Gasteiger charge is 2.27. The fraction of sp³-hybridized carbons (Fsp3) is 0.500. The van der Waals surface area contributed by atoms with Crippen LogP contribution >= 0.6 is 0 Å². The quantitative estimate of drug-likeness (QED) is 0.674. The number of aromatic nitrogens is 4. The van der Waals surface area contributed by atoms with Crippen LogP contribution in [0, 0.1) is 6.92 Å². The SMILES string of the molecule is CCCS(=O)(=O)Nc1nc(OCCC(F)(F)F)nc(-c2cc(C)c(=O)n(C)c2)n1. The average Bonchev–Trinajstić information content (AvgIpc) is 2.57. The number of nitrogens with zero attached hydrogens (tertiary/aromatic N) is 4. The molecule has 0 spiro atoms. The summed E-state index contributed by atoms with van der Waals surface area (Å²) in [5.74, 6) is -0.649. The van der Waals surface area contributed by atoms with E-state index in [0.29, 0.717) is 17.5 Å². The summed E-state index contributed by atoms with van der Waals surface area (Å²) in [6.45, 7) is 2.48. The third-order valence-corrected chi connectivity index (χ3v) is 5.01. The van der Waals surface area contributed by atoms with E-state index in [4.69, 9.17) is 4.74 Å². The van der Waals surface area contributed by atoms with Gasteiger partial charge in [0.2, 0.25) is 16.0 Å². The predicted octanol–water partition coefficient (Wildman–Crippen LogP) is 2.03. The lowest BCUT2D eigenvalue weighted by molar-refractivity contribution is -0.139. The van der Waals surface area contributed by atoms with Crippen molar-refractivity contribution in [1.29, 1.82) is 0 Å². The number of ether oxygens (including phenoxy) is 1. The molecule has 9 nitrogen and oxygen atoms in total. The minimum Gasteiger partial charge on any atom is -0.463 e. The summed E-state index contributed by atoms with van der Waals surface area (Å²) in [5.41, 5.74) is 0.454. The first-order valence-corrected chi connectivity index (χ1v) is 10.2. The molecule has 0 aromatic carbocycles. The molecule has 0 radical (unpaired) electrons. The van der Waals surface area contributed by atoms with Gasteiger partial charge in [0.1, 0.15) is 6.61 Å². The van der Waals surface area contributed by atoms with Gasteiger partial charge in [0, 0.05) is 24.4 Å². The second kappa shape index (κ2) is 8.76. The minimum absolute atomic E-state index is 0.0603. The third kappa shape index (κ3) is 6.69. The van der Waals surface area contributed by atoms with Gasteiger partial charge in [-0.05, 0) is 19.4 Å². The van der Waals surface area contributed by atoms with Crippen LogP contribution in [0.25, 0.3) is 11.4 Å². The van der Waals surface area contributed by atoms with E-state index in [-0.39, 0.29) is 17.1 Å². The molecule has 0 saturated heterocycles. The maximum Gasteiger partial charge on any atom is 0.392 e. The number of pyridine rings is 1. The zero-order chi connectivity index (χ0) is 21.8. The van der Waals surface area contributed by atoms with Gasteiger partial charge < -0.3 is 9.30 Å². The molecule has 0 unspecified atom stereocenters. The highest BCUT2D eigenvalue weighted by Crippen LogP contribution is 2.22. The van der Waals surface area contributed by atoms with Crippen molar-refractivity contribution in [1.82, 2.24) is 19.5 Å². The van der Waals surface area contributed by atoms with Gasteiger partial charge in [-0.2, -0.15) is 28.1 Å². The normalized spacial score (nSPS) is 12.1. The Kier molecular flexibility index (Phi) is 6.82. The van der Waals surface area contributed by atoms with E-state index >= 15 is 0 Å². The Hall–Kier alpha value is -2.70. The summed E-state index contributed by atoms with van der Waals surface area (Å²) in [5, 5.41) is 0. The maximum atomic E-state index is 12.4. The number of alkyl halides is 3. The van der Waals surface area contributed by atoms with E-state index < -0.39 is 41.2 Å². The Labute approximate surface area is 165 Å². The van der Waals surface area contributed by atoms with Crippen molar-refractivity contribution in [3.05, 3.63) is 28.2 Å². The topological polar surface area (TPSA) is 116 Å². The van der Waals surface area contributed by atoms with Crippen LogP contribution in [0.5, 0.6) is 6.01 Å². The van der Waals surface area contributed by atoms with Gasteiger partial charge in [0.05, 0.1) is 12.2 Å². The van der Waals surface area contributed by atoms with Gasteiger partial charge in [-0.3, -0.25) is 9.52 Å². The Morgan fingerprint density at radius 3 is 2.52 bits per heavy atom. The second-order valence-electron chi connectivity index (χ2n) is 6.23. The first kappa shape index (κ1) is 22.6. The molecule has 160 valence electrons. The largest absolute Gasteiger partial charge is 0.463 e. The molecule has 0 aliphatic heterocycles. The van der Waals surface area contributed by atoms with E-state index in [1.165, 1.54) is 23.9 Å². The molecule has 0 amide bonds. The van der Waals surface area contributed by atoms with E-state index in [1.807, 2.05) is 0 Å². The molecule has 2 aromatic heterocycles. The number of hydrogen-bond acceptors (Lipinski definition) is 7. The molecule has 29 heavy (non-hydrogen) atoms. The number of anilines is 1. The summed E-state index contributed by atoms with van der Waals surface area (Å²) in [6, 6.07) is 1.00. The summed E-state index contributed by atoms with van der Waals surface area (Å²) < 4.78 is 69.5. The molecule has 13 heteroatoms.